The van der Waals surface area contributed by atoms with Crippen LogP contribution >= 0.6 is 0 Å². The fourth-order valence-corrected chi connectivity index (χ4v) is 1.76. The van der Waals surface area contributed by atoms with Crippen molar-refractivity contribution >= 4 is 11.0 Å². The molecule has 0 radical (unpaired) electrons. The number of aryl methyl sites for hydroxylation is 1. The number of nitrogens with one attached hydrogen (secondary N) is 1. The molecule has 3 heterocycles. The molecule has 0 spiro atoms. The van der Waals surface area contributed by atoms with Gasteiger partial charge in [-0.1, -0.05) is 7.43 Å². The van der Waals surface area contributed by atoms with Crippen LogP contribution in [0.3, 0.4) is 0 Å². The number of fused-ring (bicyclic) bond motifs is 1. The molecule has 0 unspecified atom stereocenters. The fourth-order valence-electron chi connectivity index (χ4n) is 1.76. The molecule has 0 saturated heterocycles. The number of aromatic nitrogens is 5. The normalized spacial score (nSPS) is 10.4. The summed E-state index contributed by atoms with van der Waals surface area (Å²) in [5, 5.41) is 5.27. The lowest BCUT2D eigenvalue weighted by molar-refractivity contribution is 0.660. The minimum atomic E-state index is 0. The zero-order valence-corrected chi connectivity index (χ0v) is 8.88. The lowest BCUT2D eigenvalue weighted by Crippen LogP contribution is -1.92. The SMILES string of the molecule is C.CCn1cc(-c2ncnc3[nH]ccc23)cn1. The van der Waals surface area contributed by atoms with Gasteiger partial charge in [0.15, 0.2) is 0 Å². The second-order valence-electron chi connectivity index (χ2n) is 3.55. The van der Waals surface area contributed by atoms with Gasteiger partial charge in [-0.2, -0.15) is 5.10 Å². The van der Waals surface area contributed by atoms with Crippen molar-refractivity contribution in [3.8, 4) is 11.3 Å². The van der Waals surface area contributed by atoms with Crippen molar-refractivity contribution < 1.29 is 0 Å². The van der Waals surface area contributed by atoms with Gasteiger partial charge in [-0.15, -0.1) is 0 Å². The van der Waals surface area contributed by atoms with Crippen molar-refractivity contribution in [3.63, 3.8) is 0 Å². The lowest BCUT2D eigenvalue weighted by atomic mass is 10.2. The van der Waals surface area contributed by atoms with E-state index < -0.39 is 0 Å². The van der Waals surface area contributed by atoms with E-state index in [2.05, 4.69) is 27.0 Å². The molecule has 3 aromatic heterocycles. The number of aromatic amines is 1. The number of rotatable bonds is 2. The third-order valence-electron chi connectivity index (χ3n) is 2.58. The van der Waals surface area contributed by atoms with Gasteiger partial charge in [0, 0.05) is 29.9 Å². The maximum atomic E-state index is 4.31. The van der Waals surface area contributed by atoms with Crippen molar-refractivity contribution in [1.82, 2.24) is 24.7 Å². The predicted molar refractivity (Wildman–Crippen MR) is 67.5 cm³/mol. The molecular formula is C12H15N5. The number of H-pyrrole nitrogens is 1. The average molecular weight is 229 g/mol. The quantitative estimate of drug-likeness (QED) is 0.734. The Morgan fingerprint density at radius 2 is 2.24 bits per heavy atom. The molecule has 3 rings (SSSR count). The highest BCUT2D eigenvalue weighted by Gasteiger charge is 2.08. The maximum Gasteiger partial charge on any atom is 0.141 e. The van der Waals surface area contributed by atoms with Crippen LogP contribution in [0, 0.1) is 0 Å². The van der Waals surface area contributed by atoms with Crippen LogP contribution in [0.5, 0.6) is 0 Å². The summed E-state index contributed by atoms with van der Waals surface area (Å²) in [5.41, 5.74) is 2.80. The number of hydrogen-bond donors (Lipinski definition) is 1. The first-order valence-corrected chi connectivity index (χ1v) is 5.19. The van der Waals surface area contributed by atoms with Gasteiger partial charge in [0.1, 0.15) is 12.0 Å². The third kappa shape index (κ3) is 1.80. The summed E-state index contributed by atoms with van der Waals surface area (Å²) in [6.07, 6.45) is 7.26. The molecule has 5 heteroatoms. The fraction of sp³-hybridized carbons (Fsp3) is 0.250. The highest BCUT2D eigenvalue weighted by molar-refractivity contribution is 5.89. The smallest absolute Gasteiger partial charge is 0.141 e. The lowest BCUT2D eigenvalue weighted by Gasteiger charge is -1.97. The largest absolute Gasteiger partial charge is 0.346 e. The molecule has 0 aliphatic rings. The third-order valence-corrected chi connectivity index (χ3v) is 2.58. The summed E-state index contributed by atoms with van der Waals surface area (Å²) >= 11 is 0. The van der Waals surface area contributed by atoms with Crippen molar-refractivity contribution in [2.45, 2.75) is 20.9 Å². The standard InChI is InChI=1S/C11H11N5.CH4/c1-2-16-6-8(5-15-16)10-9-3-4-12-11(9)14-7-13-10;/h3-7H,2H2,1H3,(H,12,13,14);1H4. The topological polar surface area (TPSA) is 59.4 Å². The van der Waals surface area contributed by atoms with E-state index in [1.54, 1.807) is 6.33 Å². The number of nitrogens with zero attached hydrogens (tertiary/aromatic N) is 4. The molecule has 5 nitrogen and oxygen atoms in total. The second kappa shape index (κ2) is 4.37. The van der Waals surface area contributed by atoms with Crippen LogP contribution in [0.25, 0.3) is 22.3 Å². The van der Waals surface area contributed by atoms with Crippen LogP contribution in [0.4, 0.5) is 0 Å². The van der Waals surface area contributed by atoms with Gasteiger partial charge in [0.05, 0.1) is 11.9 Å². The first kappa shape index (κ1) is 11.3. The zero-order valence-electron chi connectivity index (χ0n) is 8.88. The number of hydrogen-bond acceptors (Lipinski definition) is 3. The molecule has 0 aromatic carbocycles. The van der Waals surface area contributed by atoms with Gasteiger partial charge in [0.25, 0.3) is 0 Å². The molecule has 0 atom stereocenters. The Labute approximate surface area is 99.5 Å². The molecule has 1 N–H and O–H groups in total. The monoisotopic (exact) mass is 229 g/mol. The molecule has 3 aromatic rings. The van der Waals surface area contributed by atoms with Crippen LogP contribution in [-0.2, 0) is 6.54 Å². The van der Waals surface area contributed by atoms with Crippen molar-refractivity contribution in [3.05, 3.63) is 31.0 Å². The molecule has 0 saturated carbocycles. The molecule has 0 fully saturated rings. The van der Waals surface area contributed by atoms with Gasteiger partial charge in [-0.3, -0.25) is 4.68 Å². The van der Waals surface area contributed by atoms with Crippen LogP contribution < -0.4 is 0 Å². The van der Waals surface area contributed by atoms with Crippen molar-refractivity contribution in [2.24, 2.45) is 0 Å². The zero-order chi connectivity index (χ0) is 11.0. The van der Waals surface area contributed by atoms with Gasteiger partial charge >= 0.3 is 0 Å². The van der Waals surface area contributed by atoms with Crippen molar-refractivity contribution in [1.29, 1.82) is 0 Å². The molecule has 17 heavy (non-hydrogen) atoms. The highest BCUT2D eigenvalue weighted by Crippen LogP contribution is 2.23. The average Bonchev–Trinajstić information content (AvgIpc) is 2.97. The molecule has 0 amide bonds. The molecule has 0 aliphatic heterocycles. The predicted octanol–water partition coefficient (Wildman–Crippen LogP) is 2.48. The van der Waals surface area contributed by atoms with E-state index in [9.17, 15) is 0 Å². The van der Waals surface area contributed by atoms with Gasteiger partial charge in [-0.05, 0) is 13.0 Å². The second-order valence-corrected chi connectivity index (χ2v) is 3.55. The Kier molecular flexibility index (Phi) is 2.91. The summed E-state index contributed by atoms with van der Waals surface area (Å²) in [4.78, 5) is 11.5. The summed E-state index contributed by atoms with van der Waals surface area (Å²) in [5.74, 6) is 0. The van der Waals surface area contributed by atoms with Crippen LogP contribution in [0.1, 0.15) is 14.4 Å². The summed E-state index contributed by atoms with van der Waals surface area (Å²) in [6, 6.07) is 1.98. The Morgan fingerprint density at radius 1 is 1.35 bits per heavy atom. The van der Waals surface area contributed by atoms with E-state index in [-0.39, 0.29) is 7.43 Å². The van der Waals surface area contributed by atoms with E-state index >= 15 is 0 Å². The summed E-state index contributed by atoms with van der Waals surface area (Å²) in [6.45, 7) is 2.92. The molecule has 0 bridgehead atoms. The maximum absolute atomic E-state index is 4.31. The summed E-state index contributed by atoms with van der Waals surface area (Å²) < 4.78 is 1.88. The Bertz CT molecular complexity index is 622. The van der Waals surface area contributed by atoms with Crippen LogP contribution in [-0.4, -0.2) is 24.7 Å². The Hall–Kier alpha value is -2.17. The first-order valence-electron chi connectivity index (χ1n) is 5.19. The van der Waals surface area contributed by atoms with E-state index in [1.165, 1.54) is 0 Å². The Balaban J connectivity index is 0.00000108. The molecular weight excluding hydrogens is 214 g/mol. The van der Waals surface area contributed by atoms with Gasteiger partial charge in [0.2, 0.25) is 0 Å². The minimum absolute atomic E-state index is 0. The molecule has 88 valence electrons. The summed E-state index contributed by atoms with van der Waals surface area (Å²) in [7, 11) is 0. The van der Waals surface area contributed by atoms with E-state index in [0.29, 0.717) is 0 Å². The van der Waals surface area contributed by atoms with E-state index in [1.807, 2.05) is 29.3 Å². The van der Waals surface area contributed by atoms with Crippen LogP contribution in [0.2, 0.25) is 0 Å². The molecule has 0 aliphatic carbocycles. The highest BCUT2D eigenvalue weighted by atomic mass is 15.3. The van der Waals surface area contributed by atoms with Gasteiger partial charge < -0.3 is 4.98 Å². The van der Waals surface area contributed by atoms with Crippen molar-refractivity contribution in [2.75, 3.05) is 0 Å². The Morgan fingerprint density at radius 3 is 3.00 bits per heavy atom. The van der Waals surface area contributed by atoms with Crippen LogP contribution in [0.15, 0.2) is 31.0 Å². The first-order chi connectivity index (χ1) is 7.88. The minimum Gasteiger partial charge on any atom is -0.346 e. The van der Waals surface area contributed by atoms with E-state index in [0.717, 1.165) is 28.8 Å². The van der Waals surface area contributed by atoms with E-state index in [4.69, 9.17) is 0 Å². The van der Waals surface area contributed by atoms with Gasteiger partial charge in [-0.25, -0.2) is 9.97 Å².